The Labute approximate surface area is 97.8 Å². The minimum Gasteiger partial charge on any atom is -0.373 e. The number of aryl methyl sites for hydroxylation is 1. The lowest BCUT2D eigenvalue weighted by Gasteiger charge is -2.13. The first-order valence-corrected chi connectivity index (χ1v) is 5.10. The fourth-order valence-electron chi connectivity index (χ4n) is 0.999. The molecule has 0 fully saturated rings. The summed E-state index contributed by atoms with van der Waals surface area (Å²) in [5.74, 6) is 0.869. The van der Waals surface area contributed by atoms with Crippen molar-refractivity contribution in [1.82, 2.24) is 9.97 Å². The second-order valence-corrected chi connectivity index (χ2v) is 5.14. The number of nitrogens with one attached hydrogen (secondary N) is 1. The number of rotatable bonds is 1. The molecule has 1 aromatic rings. The topological polar surface area (TPSA) is 37.8 Å². The van der Waals surface area contributed by atoms with Crippen molar-refractivity contribution in [3.63, 3.8) is 0 Å². The van der Waals surface area contributed by atoms with Gasteiger partial charge in [-0.05, 0) is 13.8 Å². The van der Waals surface area contributed by atoms with E-state index in [0.717, 1.165) is 11.3 Å². The first-order valence-electron chi connectivity index (χ1n) is 3.96. The molecule has 3 nitrogen and oxygen atoms in total. The molecule has 0 saturated heterocycles. The second-order valence-electron chi connectivity index (χ2n) is 2.85. The van der Waals surface area contributed by atoms with Gasteiger partial charge in [-0.2, -0.15) is 0 Å². The predicted octanol–water partition coefficient (Wildman–Crippen LogP) is 2.96. The highest BCUT2D eigenvalue weighted by Gasteiger charge is 2.27. The van der Waals surface area contributed by atoms with E-state index in [1.807, 2.05) is 13.8 Å². The van der Waals surface area contributed by atoms with Gasteiger partial charge in [0, 0.05) is 18.3 Å². The normalized spacial score (nSPS) is 11.6. The maximum absolute atomic E-state index is 5.69. The van der Waals surface area contributed by atoms with Crippen LogP contribution in [0.1, 0.15) is 17.1 Å². The lowest BCUT2D eigenvalue weighted by Crippen LogP contribution is -2.12. The van der Waals surface area contributed by atoms with Crippen LogP contribution in [0.5, 0.6) is 0 Å². The summed E-state index contributed by atoms with van der Waals surface area (Å²) in [4.78, 5) is 8.21. The van der Waals surface area contributed by atoms with Crippen LogP contribution in [-0.4, -0.2) is 17.0 Å². The molecule has 78 valence electrons. The zero-order chi connectivity index (χ0) is 10.9. The van der Waals surface area contributed by atoms with Gasteiger partial charge < -0.3 is 5.32 Å². The van der Waals surface area contributed by atoms with Gasteiger partial charge >= 0.3 is 0 Å². The number of hydrogen-bond acceptors (Lipinski definition) is 3. The number of aromatic nitrogens is 2. The third-order valence-corrected chi connectivity index (χ3v) is 2.39. The Hall–Kier alpha value is -0.250. The molecule has 1 heterocycles. The van der Waals surface area contributed by atoms with Gasteiger partial charge in [0.1, 0.15) is 5.82 Å². The molecule has 0 spiro atoms. The highest BCUT2D eigenvalue weighted by molar-refractivity contribution is 6.66. The van der Waals surface area contributed by atoms with Crippen LogP contribution in [-0.2, 0) is 3.79 Å². The summed E-state index contributed by atoms with van der Waals surface area (Å²) in [7, 11) is 1.76. The van der Waals surface area contributed by atoms with Gasteiger partial charge in [0.15, 0.2) is 5.82 Å². The van der Waals surface area contributed by atoms with Gasteiger partial charge in [-0.25, -0.2) is 9.97 Å². The third-order valence-electron chi connectivity index (χ3n) is 1.88. The standard InChI is InChI=1S/C8H10Cl3N3/c1-4-5(2)13-7(8(9,10)11)14-6(4)12-3/h1-3H3,(H,12,13,14). The van der Waals surface area contributed by atoms with Crippen LogP contribution >= 0.6 is 34.8 Å². The van der Waals surface area contributed by atoms with E-state index < -0.39 is 3.79 Å². The van der Waals surface area contributed by atoms with Crippen LogP contribution in [0, 0.1) is 13.8 Å². The van der Waals surface area contributed by atoms with Gasteiger partial charge in [-0.1, -0.05) is 34.8 Å². The summed E-state index contributed by atoms with van der Waals surface area (Å²) in [6.07, 6.45) is 0. The number of nitrogens with zero attached hydrogens (tertiary/aromatic N) is 2. The molecule has 1 aromatic heterocycles. The molecular weight excluding hydrogens is 244 g/mol. The predicted molar refractivity (Wildman–Crippen MR) is 60.3 cm³/mol. The molecule has 0 saturated carbocycles. The van der Waals surface area contributed by atoms with Crippen molar-refractivity contribution in [2.24, 2.45) is 0 Å². The molecular formula is C8H10Cl3N3. The minimum atomic E-state index is -1.58. The molecule has 0 atom stereocenters. The molecule has 0 bridgehead atoms. The van der Waals surface area contributed by atoms with Crippen LogP contribution in [0.2, 0.25) is 0 Å². The lowest BCUT2D eigenvalue weighted by atomic mass is 10.2. The maximum Gasteiger partial charge on any atom is 0.250 e. The fraction of sp³-hybridized carbons (Fsp3) is 0.500. The van der Waals surface area contributed by atoms with E-state index in [2.05, 4.69) is 15.3 Å². The van der Waals surface area contributed by atoms with Crippen LogP contribution in [0.15, 0.2) is 0 Å². The monoisotopic (exact) mass is 253 g/mol. The highest BCUT2D eigenvalue weighted by atomic mass is 35.6. The zero-order valence-corrected chi connectivity index (χ0v) is 10.3. The number of alkyl halides is 3. The van der Waals surface area contributed by atoms with Crippen LogP contribution in [0.3, 0.4) is 0 Å². The summed E-state index contributed by atoms with van der Waals surface area (Å²) in [6.45, 7) is 3.75. The number of halogens is 3. The van der Waals surface area contributed by atoms with E-state index >= 15 is 0 Å². The van der Waals surface area contributed by atoms with E-state index in [0.29, 0.717) is 5.82 Å². The Morgan fingerprint density at radius 3 is 2.14 bits per heavy atom. The fourth-order valence-corrected chi connectivity index (χ4v) is 1.25. The van der Waals surface area contributed by atoms with Crippen LogP contribution < -0.4 is 5.32 Å². The molecule has 0 aliphatic heterocycles. The smallest absolute Gasteiger partial charge is 0.250 e. The first kappa shape index (κ1) is 11.8. The Balaban J connectivity index is 3.30. The maximum atomic E-state index is 5.69. The highest BCUT2D eigenvalue weighted by Crippen LogP contribution is 2.36. The Bertz CT molecular complexity index is 346. The van der Waals surface area contributed by atoms with E-state index in [1.54, 1.807) is 7.05 Å². The average molecular weight is 255 g/mol. The molecule has 0 amide bonds. The quantitative estimate of drug-likeness (QED) is 0.783. The van der Waals surface area contributed by atoms with E-state index in [-0.39, 0.29) is 5.82 Å². The van der Waals surface area contributed by atoms with Crippen molar-refractivity contribution in [3.05, 3.63) is 17.1 Å². The average Bonchev–Trinajstić information content (AvgIpc) is 2.07. The van der Waals surface area contributed by atoms with E-state index in [9.17, 15) is 0 Å². The van der Waals surface area contributed by atoms with Crippen molar-refractivity contribution >= 4 is 40.6 Å². The van der Waals surface area contributed by atoms with Gasteiger partial charge in [-0.15, -0.1) is 0 Å². The Morgan fingerprint density at radius 1 is 1.14 bits per heavy atom. The second kappa shape index (κ2) is 4.09. The van der Waals surface area contributed by atoms with Gasteiger partial charge in [0.25, 0.3) is 0 Å². The lowest BCUT2D eigenvalue weighted by molar-refractivity contribution is 0.928. The van der Waals surface area contributed by atoms with E-state index in [1.165, 1.54) is 0 Å². The van der Waals surface area contributed by atoms with Crippen LogP contribution in [0.4, 0.5) is 5.82 Å². The third kappa shape index (κ3) is 2.41. The summed E-state index contributed by atoms with van der Waals surface area (Å²) in [5.41, 5.74) is 1.75. The molecule has 0 aliphatic rings. The number of hydrogen-bond donors (Lipinski definition) is 1. The zero-order valence-electron chi connectivity index (χ0n) is 8.03. The Kier molecular flexibility index (Phi) is 3.45. The molecule has 0 aromatic carbocycles. The molecule has 1 N–H and O–H groups in total. The Morgan fingerprint density at radius 2 is 1.71 bits per heavy atom. The molecule has 6 heteroatoms. The summed E-state index contributed by atoms with van der Waals surface area (Å²) in [6, 6.07) is 0. The largest absolute Gasteiger partial charge is 0.373 e. The molecule has 0 aliphatic carbocycles. The van der Waals surface area contributed by atoms with Crippen LogP contribution in [0.25, 0.3) is 0 Å². The molecule has 0 radical (unpaired) electrons. The molecule has 0 unspecified atom stereocenters. The first-order chi connectivity index (χ1) is 6.36. The van der Waals surface area contributed by atoms with E-state index in [4.69, 9.17) is 34.8 Å². The summed E-state index contributed by atoms with van der Waals surface area (Å²) in [5, 5.41) is 2.92. The number of anilines is 1. The van der Waals surface area contributed by atoms with Gasteiger partial charge in [0.2, 0.25) is 3.79 Å². The minimum absolute atomic E-state index is 0.190. The SMILES string of the molecule is CNc1nc(C(Cl)(Cl)Cl)nc(C)c1C. The van der Waals surface area contributed by atoms with Crippen molar-refractivity contribution in [2.75, 3.05) is 12.4 Å². The molecule has 1 rings (SSSR count). The van der Waals surface area contributed by atoms with Crippen molar-refractivity contribution < 1.29 is 0 Å². The van der Waals surface area contributed by atoms with Crippen molar-refractivity contribution in [2.45, 2.75) is 17.6 Å². The van der Waals surface area contributed by atoms with Gasteiger partial charge in [0.05, 0.1) is 0 Å². The summed E-state index contributed by atoms with van der Waals surface area (Å²) >= 11 is 17.1. The van der Waals surface area contributed by atoms with Crippen molar-refractivity contribution in [1.29, 1.82) is 0 Å². The molecule has 14 heavy (non-hydrogen) atoms. The summed E-state index contributed by atoms with van der Waals surface area (Å²) < 4.78 is -1.58. The van der Waals surface area contributed by atoms with Crippen molar-refractivity contribution in [3.8, 4) is 0 Å². The van der Waals surface area contributed by atoms with Gasteiger partial charge in [-0.3, -0.25) is 0 Å².